The van der Waals surface area contributed by atoms with E-state index in [9.17, 15) is 19.2 Å². The SMILES string of the molecule is CC(=O)NC(=O)CCC(=O)NC(C)=O. The van der Waals surface area contributed by atoms with Crippen LogP contribution < -0.4 is 10.6 Å². The van der Waals surface area contributed by atoms with Gasteiger partial charge in [0.2, 0.25) is 23.6 Å². The number of hydrogen-bond acceptors (Lipinski definition) is 4. The van der Waals surface area contributed by atoms with Crippen molar-refractivity contribution in [1.29, 1.82) is 0 Å². The van der Waals surface area contributed by atoms with Gasteiger partial charge in [0, 0.05) is 26.7 Å². The van der Waals surface area contributed by atoms with Crippen LogP contribution in [0.2, 0.25) is 0 Å². The second-order valence-corrected chi connectivity index (χ2v) is 2.71. The molecule has 0 aliphatic heterocycles. The van der Waals surface area contributed by atoms with Gasteiger partial charge in [0.25, 0.3) is 0 Å². The molecule has 0 saturated carbocycles. The Morgan fingerprint density at radius 3 is 1.29 bits per heavy atom. The smallest absolute Gasteiger partial charge is 0.227 e. The van der Waals surface area contributed by atoms with E-state index in [4.69, 9.17) is 0 Å². The molecule has 6 nitrogen and oxygen atoms in total. The quantitative estimate of drug-likeness (QED) is 0.617. The highest BCUT2D eigenvalue weighted by Crippen LogP contribution is 1.88. The van der Waals surface area contributed by atoms with Crippen LogP contribution in [0.3, 0.4) is 0 Å². The van der Waals surface area contributed by atoms with Gasteiger partial charge in [-0.25, -0.2) is 0 Å². The Bertz CT molecular complexity index is 245. The van der Waals surface area contributed by atoms with Gasteiger partial charge in [-0.05, 0) is 0 Å². The van der Waals surface area contributed by atoms with E-state index in [0.717, 1.165) is 0 Å². The van der Waals surface area contributed by atoms with Gasteiger partial charge in [0.1, 0.15) is 0 Å². The summed E-state index contributed by atoms with van der Waals surface area (Å²) in [4.78, 5) is 42.5. The number of carbonyl (C=O) groups excluding carboxylic acids is 4. The van der Waals surface area contributed by atoms with Crippen LogP contribution in [-0.4, -0.2) is 23.6 Å². The van der Waals surface area contributed by atoms with Gasteiger partial charge < -0.3 is 0 Å². The van der Waals surface area contributed by atoms with Crippen molar-refractivity contribution in [3.05, 3.63) is 0 Å². The van der Waals surface area contributed by atoms with Crippen LogP contribution in [0, 0.1) is 0 Å². The summed E-state index contributed by atoms with van der Waals surface area (Å²) in [5.41, 5.74) is 0. The van der Waals surface area contributed by atoms with E-state index in [1.54, 1.807) is 0 Å². The summed E-state index contributed by atoms with van der Waals surface area (Å²) < 4.78 is 0. The summed E-state index contributed by atoms with van der Waals surface area (Å²) in [5, 5.41) is 4.02. The lowest BCUT2D eigenvalue weighted by atomic mass is 10.3. The molecule has 0 aromatic carbocycles. The molecule has 6 heteroatoms. The average Bonchev–Trinajstić information content (AvgIpc) is 1.98. The topological polar surface area (TPSA) is 92.3 Å². The van der Waals surface area contributed by atoms with Gasteiger partial charge in [-0.1, -0.05) is 0 Å². The van der Waals surface area contributed by atoms with Crippen molar-refractivity contribution >= 4 is 23.6 Å². The lowest BCUT2D eigenvalue weighted by Crippen LogP contribution is -2.31. The molecule has 2 N–H and O–H groups in total. The summed E-state index contributed by atoms with van der Waals surface area (Å²) in [6.07, 6.45) is -0.225. The van der Waals surface area contributed by atoms with Crippen molar-refractivity contribution in [2.45, 2.75) is 26.7 Å². The molecule has 14 heavy (non-hydrogen) atoms. The summed E-state index contributed by atoms with van der Waals surface area (Å²) >= 11 is 0. The molecule has 0 aliphatic carbocycles. The third kappa shape index (κ3) is 6.96. The summed E-state index contributed by atoms with van der Waals surface area (Å²) in [7, 11) is 0. The Morgan fingerprint density at radius 2 is 1.07 bits per heavy atom. The molecule has 0 fully saturated rings. The number of hydrogen-bond donors (Lipinski definition) is 2. The number of amides is 4. The van der Waals surface area contributed by atoms with Crippen LogP contribution in [-0.2, 0) is 19.2 Å². The van der Waals surface area contributed by atoms with Crippen molar-refractivity contribution in [2.75, 3.05) is 0 Å². The normalized spacial score (nSPS) is 9.00. The van der Waals surface area contributed by atoms with Gasteiger partial charge in [0.15, 0.2) is 0 Å². The Hall–Kier alpha value is -1.72. The minimum Gasteiger partial charge on any atom is -0.297 e. The lowest BCUT2D eigenvalue weighted by Gasteiger charge is -2.00. The summed E-state index contributed by atoms with van der Waals surface area (Å²) in [6.45, 7) is 2.40. The maximum Gasteiger partial charge on any atom is 0.227 e. The minimum absolute atomic E-state index is 0.112. The van der Waals surface area contributed by atoms with Gasteiger partial charge >= 0.3 is 0 Å². The van der Waals surface area contributed by atoms with Crippen molar-refractivity contribution in [3.63, 3.8) is 0 Å². The zero-order valence-corrected chi connectivity index (χ0v) is 8.05. The Labute approximate surface area is 81.0 Å². The molecular weight excluding hydrogens is 188 g/mol. The predicted octanol–water partition coefficient (Wildman–Crippen LogP) is -0.908. The van der Waals surface area contributed by atoms with Crippen molar-refractivity contribution in [1.82, 2.24) is 10.6 Å². The largest absolute Gasteiger partial charge is 0.297 e. The molecule has 0 atom stereocenters. The molecule has 0 radical (unpaired) electrons. The predicted molar refractivity (Wildman–Crippen MR) is 46.9 cm³/mol. The maximum absolute atomic E-state index is 10.8. The fourth-order valence-corrected chi connectivity index (χ4v) is 0.745. The molecule has 0 spiro atoms. The number of nitrogens with one attached hydrogen (secondary N) is 2. The summed E-state index contributed by atoms with van der Waals surface area (Å²) in [5.74, 6) is -2.00. The van der Waals surface area contributed by atoms with E-state index in [1.807, 2.05) is 10.6 Å². The highest BCUT2D eigenvalue weighted by Gasteiger charge is 2.08. The summed E-state index contributed by atoms with van der Waals surface area (Å²) in [6, 6.07) is 0. The van der Waals surface area contributed by atoms with Gasteiger partial charge in [0.05, 0.1) is 0 Å². The fourth-order valence-electron chi connectivity index (χ4n) is 0.745. The molecule has 0 aromatic rings. The Kier molecular flexibility index (Phi) is 5.13. The monoisotopic (exact) mass is 200 g/mol. The van der Waals surface area contributed by atoms with Crippen LogP contribution in [0.1, 0.15) is 26.7 Å². The van der Waals surface area contributed by atoms with Crippen molar-refractivity contribution < 1.29 is 19.2 Å². The average molecular weight is 200 g/mol. The van der Waals surface area contributed by atoms with Crippen LogP contribution in [0.4, 0.5) is 0 Å². The van der Waals surface area contributed by atoms with Gasteiger partial charge in [-0.2, -0.15) is 0 Å². The molecule has 0 saturated heterocycles. The van der Waals surface area contributed by atoms with E-state index in [0.29, 0.717) is 0 Å². The van der Waals surface area contributed by atoms with Crippen LogP contribution in [0.15, 0.2) is 0 Å². The van der Waals surface area contributed by atoms with E-state index in [1.165, 1.54) is 13.8 Å². The lowest BCUT2D eigenvalue weighted by molar-refractivity contribution is -0.133. The van der Waals surface area contributed by atoms with E-state index < -0.39 is 23.6 Å². The zero-order valence-electron chi connectivity index (χ0n) is 8.05. The first-order valence-electron chi connectivity index (χ1n) is 4.02. The first-order chi connectivity index (χ1) is 6.41. The second kappa shape index (κ2) is 5.85. The van der Waals surface area contributed by atoms with Gasteiger partial charge in [-0.15, -0.1) is 0 Å². The minimum atomic E-state index is -0.531. The van der Waals surface area contributed by atoms with Crippen LogP contribution >= 0.6 is 0 Å². The van der Waals surface area contributed by atoms with Crippen LogP contribution in [0.25, 0.3) is 0 Å². The zero-order chi connectivity index (χ0) is 11.1. The highest BCUT2D eigenvalue weighted by molar-refractivity contribution is 5.98. The first-order valence-corrected chi connectivity index (χ1v) is 4.02. The molecule has 4 amide bonds. The number of rotatable bonds is 3. The number of carbonyl (C=O) groups is 4. The third-order valence-electron chi connectivity index (χ3n) is 1.21. The molecule has 0 aliphatic rings. The van der Waals surface area contributed by atoms with Gasteiger partial charge in [-0.3, -0.25) is 29.8 Å². The molecule has 0 unspecified atom stereocenters. The Morgan fingerprint density at radius 1 is 0.786 bits per heavy atom. The molecule has 0 heterocycles. The molecule has 0 rings (SSSR count). The molecular formula is C8H12N2O4. The van der Waals surface area contributed by atoms with E-state index in [-0.39, 0.29) is 12.8 Å². The second-order valence-electron chi connectivity index (χ2n) is 2.71. The first kappa shape index (κ1) is 12.3. The molecule has 78 valence electrons. The molecule has 0 aromatic heterocycles. The third-order valence-corrected chi connectivity index (χ3v) is 1.21. The highest BCUT2D eigenvalue weighted by atomic mass is 16.2. The fraction of sp³-hybridized carbons (Fsp3) is 0.500. The van der Waals surface area contributed by atoms with E-state index >= 15 is 0 Å². The maximum atomic E-state index is 10.8. The number of imide groups is 2. The van der Waals surface area contributed by atoms with E-state index in [2.05, 4.69) is 0 Å². The molecule has 0 bridgehead atoms. The Balaban J connectivity index is 3.72. The van der Waals surface area contributed by atoms with Crippen LogP contribution in [0.5, 0.6) is 0 Å². The standard InChI is InChI=1S/C8H12N2O4/c1-5(11)9-7(13)3-4-8(14)10-6(2)12/h3-4H2,1-2H3,(H,9,11,13)(H,10,12,14). The van der Waals surface area contributed by atoms with Crippen molar-refractivity contribution in [3.8, 4) is 0 Å². The van der Waals surface area contributed by atoms with Crippen molar-refractivity contribution in [2.24, 2.45) is 0 Å².